The first-order valence-corrected chi connectivity index (χ1v) is 18.9. The molecule has 0 radical (unpaired) electrons. The number of aromatic hydroxyl groups is 2. The topological polar surface area (TPSA) is 40.5 Å². The third-order valence-electron chi connectivity index (χ3n) is 10.6. The second kappa shape index (κ2) is 15.1. The lowest BCUT2D eigenvalue weighted by atomic mass is 9.89. The normalized spacial score (nSPS) is 11.0. The quantitative estimate of drug-likeness (QED) is 0.164. The standard InChI is InChI=1S/C54H38O2/c55-45-33-29-43(30-34-45)53-15-7-5-13-51(53)41-25-21-39(22-26-41)49-11-3-1-9-47(49)37-17-19-38(20-18-37)48-10-2-4-12-50(48)40-23-27-42(28-24-40)52-14-6-8-16-54(52)44-31-35-46(56)36-32-44/h1-36,55-56H. The molecule has 0 saturated heterocycles. The summed E-state index contributed by atoms with van der Waals surface area (Å²) in [6.07, 6.45) is 0. The Balaban J connectivity index is 0.985. The van der Waals surface area contributed by atoms with Crippen molar-refractivity contribution in [1.82, 2.24) is 0 Å². The molecule has 0 heterocycles. The Morgan fingerprint density at radius 1 is 0.161 bits per heavy atom. The molecule has 266 valence electrons. The Bertz CT molecular complexity index is 2570. The average molecular weight is 719 g/mol. The Morgan fingerprint density at radius 2 is 0.286 bits per heavy atom. The van der Waals surface area contributed by atoms with Gasteiger partial charge in [0.1, 0.15) is 11.5 Å². The van der Waals surface area contributed by atoms with E-state index in [1.807, 2.05) is 24.3 Å². The number of phenolic OH excluding ortho intramolecular Hbond substituents is 2. The van der Waals surface area contributed by atoms with E-state index in [-0.39, 0.29) is 11.5 Å². The summed E-state index contributed by atoms with van der Waals surface area (Å²) < 4.78 is 0. The Morgan fingerprint density at radius 3 is 0.429 bits per heavy atom. The van der Waals surface area contributed by atoms with Crippen molar-refractivity contribution in [3.63, 3.8) is 0 Å². The number of rotatable bonds is 8. The predicted molar refractivity (Wildman–Crippen MR) is 233 cm³/mol. The molecule has 0 bridgehead atoms. The van der Waals surface area contributed by atoms with Crippen molar-refractivity contribution in [2.45, 2.75) is 0 Å². The van der Waals surface area contributed by atoms with Crippen molar-refractivity contribution in [1.29, 1.82) is 0 Å². The van der Waals surface area contributed by atoms with Crippen molar-refractivity contribution < 1.29 is 10.2 Å². The minimum atomic E-state index is 0.265. The van der Waals surface area contributed by atoms with Crippen molar-refractivity contribution >= 4 is 0 Å². The van der Waals surface area contributed by atoms with Crippen LogP contribution in [0.3, 0.4) is 0 Å². The van der Waals surface area contributed by atoms with Crippen LogP contribution in [0.1, 0.15) is 0 Å². The van der Waals surface area contributed by atoms with Gasteiger partial charge in [0.2, 0.25) is 0 Å². The molecule has 0 saturated carbocycles. The largest absolute Gasteiger partial charge is 0.508 e. The lowest BCUT2D eigenvalue weighted by Gasteiger charge is -2.15. The Labute approximate surface area is 327 Å². The van der Waals surface area contributed by atoms with Gasteiger partial charge in [-0.1, -0.05) is 194 Å². The van der Waals surface area contributed by atoms with Gasteiger partial charge in [-0.05, 0) is 113 Å². The maximum Gasteiger partial charge on any atom is 0.115 e. The van der Waals surface area contributed by atoms with E-state index < -0.39 is 0 Å². The van der Waals surface area contributed by atoms with E-state index in [0.29, 0.717) is 0 Å². The molecule has 0 unspecified atom stereocenters. The minimum absolute atomic E-state index is 0.265. The van der Waals surface area contributed by atoms with Gasteiger partial charge in [0.25, 0.3) is 0 Å². The molecular weight excluding hydrogens is 681 g/mol. The SMILES string of the molecule is Oc1ccc(-c2ccccc2-c2ccc(-c3ccccc3-c3ccc(-c4ccccc4-c4ccc(-c5ccccc5-c5ccc(O)cc5)cc4)cc3)cc2)cc1. The molecule has 0 spiro atoms. The van der Waals surface area contributed by atoms with Gasteiger partial charge in [-0.2, -0.15) is 0 Å². The van der Waals surface area contributed by atoms with Crippen LogP contribution in [0.25, 0.3) is 89.0 Å². The fourth-order valence-corrected chi connectivity index (χ4v) is 7.72. The van der Waals surface area contributed by atoms with Gasteiger partial charge in [0, 0.05) is 0 Å². The van der Waals surface area contributed by atoms with Crippen LogP contribution in [-0.2, 0) is 0 Å². The first-order chi connectivity index (χ1) is 27.6. The van der Waals surface area contributed by atoms with Gasteiger partial charge in [-0.15, -0.1) is 0 Å². The first-order valence-electron chi connectivity index (χ1n) is 18.9. The summed E-state index contributed by atoms with van der Waals surface area (Å²) in [6.45, 7) is 0. The summed E-state index contributed by atoms with van der Waals surface area (Å²) in [5.41, 5.74) is 18.4. The Kier molecular flexibility index (Phi) is 9.29. The van der Waals surface area contributed by atoms with E-state index in [0.717, 1.165) is 55.6 Å². The highest BCUT2D eigenvalue weighted by Gasteiger charge is 2.13. The molecule has 2 N–H and O–H groups in total. The summed E-state index contributed by atoms with van der Waals surface area (Å²) in [6, 6.07) is 75.4. The Hall–Kier alpha value is -7.42. The molecule has 2 heteroatoms. The van der Waals surface area contributed by atoms with Gasteiger partial charge in [-0.25, -0.2) is 0 Å². The highest BCUT2D eigenvalue weighted by molar-refractivity contribution is 5.90. The summed E-state index contributed by atoms with van der Waals surface area (Å²) in [5.74, 6) is 0.531. The summed E-state index contributed by atoms with van der Waals surface area (Å²) in [5, 5.41) is 19.6. The van der Waals surface area contributed by atoms with Gasteiger partial charge in [-0.3, -0.25) is 0 Å². The van der Waals surface area contributed by atoms with E-state index in [9.17, 15) is 10.2 Å². The van der Waals surface area contributed by atoms with Crippen LogP contribution in [0.4, 0.5) is 0 Å². The van der Waals surface area contributed by atoms with Crippen LogP contribution in [0.2, 0.25) is 0 Å². The van der Waals surface area contributed by atoms with Crippen LogP contribution in [0, 0.1) is 0 Å². The van der Waals surface area contributed by atoms with Crippen LogP contribution < -0.4 is 0 Å². The zero-order valence-corrected chi connectivity index (χ0v) is 30.7. The average Bonchev–Trinajstić information content (AvgIpc) is 3.27. The first kappa shape index (κ1) is 34.4. The van der Waals surface area contributed by atoms with Crippen LogP contribution >= 0.6 is 0 Å². The second-order valence-corrected chi connectivity index (χ2v) is 14.0. The van der Waals surface area contributed by atoms with Crippen molar-refractivity contribution in [2.75, 3.05) is 0 Å². The predicted octanol–water partition coefficient (Wildman–Crippen LogP) is 14.4. The fourth-order valence-electron chi connectivity index (χ4n) is 7.72. The van der Waals surface area contributed by atoms with E-state index in [4.69, 9.17) is 0 Å². The molecule has 0 fully saturated rings. The van der Waals surface area contributed by atoms with Gasteiger partial charge < -0.3 is 10.2 Å². The third kappa shape index (κ3) is 6.88. The fraction of sp³-hybridized carbons (Fsp3) is 0. The summed E-state index contributed by atoms with van der Waals surface area (Å²) >= 11 is 0. The molecule has 2 nitrogen and oxygen atoms in total. The molecular formula is C54H38O2. The van der Waals surface area contributed by atoms with E-state index in [1.54, 1.807) is 24.3 Å². The number of hydrogen-bond donors (Lipinski definition) is 2. The van der Waals surface area contributed by atoms with Gasteiger partial charge >= 0.3 is 0 Å². The summed E-state index contributed by atoms with van der Waals surface area (Å²) in [7, 11) is 0. The molecule has 9 aromatic rings. The highest BCUT2D eigenvalue weighted by atomic mass is 16.3. The molecule has 0 amide bonds. The molecule has 9 aromatic carbocycles. The van der Waals surface area contributed by atoms with Crippen molar-refractivity contribution in [2.24, 2.45) is 0 Å². The maximum atomic E-state index is 9.82. The summed E-state index contributed by atoms with van der Waals surface area (Å²) in [4.78, 5) is 0. The lowest BCUT2D eigenvalue weighted by molar-refractivity contribution is 0.475. The molecule has 56 heavy (non-hydrogen) atoms. The lowest BCUT2D eigenvalue weighted by Crippen LogP contribution is -1.89. The molecule has 0 aliphatic rings. The molecule has 0 aliphatic heterocycles. The molecule has 0 atom stereocenters. The number of benzene rings is 9. The van der Waals surface area contributed by atoms with Crippen LogP contribution in [-0.4, -0.2) is 10.2 Å². The number of hydrogen-bond acceptors (Lipinski definition) is 2. The minimum Gasteiger partial charge on any atom is -0.508 e. The maximum absolute atomic E-state index is 9.82. The van der Waals surface area contributed by atoms with Crippen molar-refractivity contribution in [3.8, 4) is 101 Å². The third-order valence-corrected chi connectivity index (χ3v) is 10.6. The van der Waals surface area contributed by atoms with E-state index in [2.05, 4.69) is 170 Å². The smallest absolute Gasteiger partial charge is 0.115 e. The van der Waals surface area contributed by atoms with Gasteiger partial charge in [0.05, 0.1) is 0 Å². The molecule has 9 rings (SSSR count). The van der Waals surface area contributed by atoms with Crippen LogP contribution in [0.5, 0.6) is 11.5 Å². The van der Waals surface area contributed by atoms with Crippen molar-refractivity contribution in [3.05, 3.63) is 218 Å². The zero-order valence-electron chi connectivity index (χ0n) is 30.7. The van der Waals surface area contributed by atoms with E-state index >= 15 is 0 Å². The van der Waals surface area contributed by atoms with E-state index in [1.165, 1.54) is 33.4 Å². The number of phenols is 2. The zero-order chi connectivity index (χ0) is 37.8. The highest BCUT2D eigenvalue weighted by Crippen LogP contribution is 2.39. The van der Waals surface area contributed by atoms with Crippen LogP contribution in [0.15, 0.2) is 218 Å². The van der Waals surface area contributed by atoms with Gasteiger partial charge in [0.15, 0.2) is 0 Å². The molecule has 0 aromatic heterocycles. The monoisotopic (exact) mass is 718 g/mol. The molecule has 0 aliphatic carbocycles. The second-order valence-electron chi connectivity index (χ2n) is 14.0.